The van der Waals surface area contributed by atoms with Crippen LogP contribution in [0.2, 0.25) is 0 Å². The molecule has 0 saturated carbocycles. The fourth-order valence-electron chi connectivity index (χ4n) is 4.37. The van der Waals surface area contributed by atoms with Gasteiger partial charge in [0.15, 0.2) is 5.78 Å². The summed E-state index contributed by atoms with van der Waals surface area (Å²) in [5, 5.41) is 13.4. The van der Waals surface area contributed by atoms with E-state index < -0.39 is 28.6 Å². The summed E-state index contributed by atoms with van der Waals surface area (Å²) in [5.74, 6) is -3.09. The number of benzene rings is 2. The number of halogens is 2. The van der Waals surface area contributed by atoms with Crippen molar-refractivity contribution in [1.29, 1.82) is 0 Å². The summed E-state index contributed by atoms with van der Waals surface area (Å²) in [6, 6.07) is 13.7. The second kappa shape index (κ2) is 9.95. The van der Waals surface area contributed by atoms with E-state index in [1.165, 1.54) is 29.5 Å². The molecule has 1 aliphatic rings. The highest BCUT2D eigenvalue weighted by atomic mass is 32.1. The van der Waals surface area contributed by atoms with Gasteiger partial charge in [0.25, 0.3) is 0 Å². The molecule has 0 aliphatic heterocycles. The third-order valence-electron chi connectivity index (χ3n) is 6.20. The molecule has 0 saturated heterocycles. The van der Waals surface area contributed by atoms with E-state index in [9.17, 15) is 19.1 Å². The number of allylic oxidation sites excluding steroid dienone is 3. The van der Waals surface area contributed by atoms with Gasteiger partial charge in [-0.25, -0.2) is 13.6 Å². The summed E-state index contributed by atoms with van der Waals surface area (Å²) >= 11 is 1.40. The zero-order valence-corrected chi connectivity index (χ0v) is 20.3. The molecule has 2 aromatic carbocycles. The molecule has 2 unspecified atom stereocenters. The number of carboxylic acids is 1. The summed E-state index contributed by atoms with van der Waals surface area (Å²) in [6.45, 7) is 5.24. The van der Waals surface area contributed by atoms with Crippen molar-refractivity contribution in [1.82, 2.24) is 0 Å². The van der Waals surface area contributed by atoms with Gasteiger partial charge in [-0.1, -0.05) is 60.7 Å². The number of aliphatic carboxylic acids is 1. The van der Waals surface area contributed by atoms with Crippen molar-refractivity contribution in [2.75, 3.05) is 0 Å². The first-order valence-corrected chi connectivity index (χ1v) is 12.1. The van der Waals surface area contributed by atoms with E-state index in [4.69, 9.17) is 0 Å². The first-order valence-electron chi connectivity index (χ1n) is 11.1. The van der Waals surface area contributed by atoms with Crippen LogP contribution in [0.15, 0.2) is 107 Å². The Morgan fingerprint density at radius 2 is 1.86 bits per heavy atom. The van der Waals surface area contributed by atoms with Crippen LogP contribution in [0.5, 0.6) is 0 Å². The van der Waals surface area contributed by atoms with E-state index in [-0.39, 0.29) is 29.1 Å². The zero-order chi connectivity index (χ0) is 25.9. The normalized spacial score (nSPS) is 21.6. The van der Waals surface area contributed by atoms with Crippen LogP contribution in [0.3, 0.4) is 0 Å². The summed E-state index contributed by atoms with van der Waals surface area (Å²) < 4.78 is 29.0. The molecule has 36 heavy (non-hydrogen) atoms. The number of rotatable bonds is 8. The van der Waals surface area contributed by atoms with Crippen LogP contribution in [0.4, 0.5) is 8.78 Å². The van der Waals surface area contributed by atoms with Crippen LogP contribution in [0, 0.1) is 11.6 Å². The maximum atomic E-state index is 15.2. The van der Waals surface area contributed by atoms with E-state index in [0.29, 0.717) is 11.1 Å². The van der Waals surface area contributed by atoms with Crippen molar-refractivity contribution >= 4 is 28.8 Å². The number of ketones is 1. The Morgan fingerprint density at radius 3 is 2.47 bits per heavy atom. The van der Waals surface area contributed by atoms with Crippen molar-refractivity contribution < 1.29 is 23.5 Å². The summed E-state index contributed by atoms with van der Waals surface area (Å²) in [4.78, 5) is 30.2. The smallest absolute Gasteiger partial charge is 0.350 e. The number of carboxylic acid groups (broad SMARTS) is 1. The van der Waals surface area contributed by atoms with Gasteiger partial charge in [-0.15, -0.1) is 6.58 Å². The van der Waals surface area contributed by atoms with Gasteiger partial charge in [-0.05, 0) is 35.4 Å². The van der Waals surface area contributed by atoms with E-state index in [1.807, 2.05) is 16.8 Å². The SMILES string of the molecule is C=CCC(=NC1(C)C=CC(c2ccsc2)(c2ccc(F)cc2F)C=C1C(=O)c1ccccc1)C(=O)O. The average Bonchev–Trinajstić information content (AvgIpc) is 3.40. The Balaban J connectivity index is 2.02. The molecule has 2 atom stereocenters. The highest BCUT2D eigenvalue weighted by Crippen LogP contribution is 2.45. The predicted octanol–water partition coefficient (Wildman–Crippen LogP) is 6.55. The van der Waals surface area contributed by atoms with Gasteiger partial charge in [0, 0.05) is 29.2 Å². The summed E-state index contributed by atoms with van der Waals surface area (Å²) in [7, 11) is 0. The zero-order valence-electron chi connectivity index (χ0n) is 19.4. The lowest BCUT2D eigenvalue weighted by Gasteiger charge is -2.37. The lowest BCUT2D eigenvalue weighted by molar-refractivity contribution is -0.129. The minimum absolute atomic E-state index is 0.00612. The molecule has 1 heterocycles. The molecule has 4 nitrogen and oxygen atoms in total. The highest BCUT2D eigenvalue weighted by Gasteiger charge is 2.43. The maximum absolute atomic E-state index is 15.2. The summed E-state index contributed by atoms with van der Waals surface area (Å²) in [6.07, 6.45) is 6.36. The van der Waals surface area contributed by atoms with Crippen LogP contribution in [-0.2, 0) is 10.2 Å². The molecule has 1 N–H and O–H groups in total. The number of hydrogen-bond donors (Lipinski definition) is 1. The van der Waals surface area contributed by atoms with Crippen LogP contribution >= 0.6 is 11.3 Å². The molecule has 1 aliphatic carbocycles. The molecule has 3 aromatic rings. The fraction of sp³-hybridized carbons (Fsp3) is 0.138. The topological polar surface area (TPSA) is 66.7 Å². The third kappa shape index (κ3) is 4.62. The van der Waals surface area contributed by atoms with Gasteiger partial charge < -0.3 is 5.11 Å². The molecule has 0 fully saturated rings. The molecule has 1 aromatic heterocycles. The molecule has 4 rings (SSSR count). The van der Waals surface area contributed by atoms with Crippen molar-refractivity contribution in [2.24, 2.45) is 4.99 Å². The number of nitrogens with zero attached hydrogens (tertiary/aromatic N) is 1. The quantitative estimate of drug-likeness (QED) is 0.215. The second-order valence-corrected chi connectivity index (χ2v) is 9.38. The molecule has 0 radical (unpaired) electrons. The molecular weight excluding hydrogens is 480 g/mol. The Hall–Kier alpha value is -3.97. The van der Waals surface area contributed by atoms with Crippen LogP contribution in [0.1, 0.15) is 34.8 Å². The standard InChI is InChI=1S/C29H23F2NO3S/c1-3-7-25(27(34)35)32-28(2)13-14-29(20-12-15-36-18-20,22-11-10-21(30)16-24(22)31)17-23(28)26(33)19-8-5-4-6-9-19/h3-6,8-18H,1,7H2,2H3,(H,34,35). The molecule has 0 amide bonds. The number of carbonyl (C=O) groups excluding carboxylic acids is 1. The largest absolute Gasteiger partial charge is 0.477 e. The number of hydrogen-bond acceptors (Lipinski definition) is 4. The van der Waals surface area contributed by atoms with Crippen molar-refractivity contribution in [3.63, 3.8) is 0 Å². The van der Waals surface area contributed by atoms with Crippen LogP contribution in [-0.4, -0.2) is 28.1 Å². The van der Waals surface area contributed by atoms with Crippen LogP contribution in [0.25, 0.3) is 0 Å². The summed E-state index contributed by atoms with van der Waals surface area (Å²) in [5.41, 5.74) is -1.38. The average molecular weight is 504 g/mol. The number of carbonyl (C=O) groups is 2. The van der Waals surface area contributed by atoms with Crippen molar-refractivity contribution in [3.8, 4) is 0 Å². The lowest BCUT2D eigenvalue weighted by atomic mass is 9.67. The van der Waals surface area contributed by atoms with Gasteiger partial charge in [-0.2, -0.15) is 11.3 Å². The first kappa shape index (κ1) is 25.1. The molecular formula is C29H23F2NO3S. The Kier molecular flexibility index (Phi) is 6.95. The van der Waals surface area contributed by atoms with E-state index in [1.54, 1.807) is 55.5 Å². The van der Waals surface area contributed by atoms with E-state index >= 15 is 4.39 Å². The second-order valence-electron chi connectivity index (χ2n) is 8.60. The minimum Gasteiger partial charge on any atom is -0.477 e. The maximum Gasteiger partial charge on any atom is 0.350 e. The Labute approximate surface area is 211 Å². The highest BCUT2D eigenvalue weighted by molar-refractivity contribution is 7.08. The number of aliphatic imine (C=N–C) groups is 1. The first-order chi connectivity index (χ1) is 17.2. The van der Waals surface area contributed by atoms with Crippen molar-refractivity contribution in [2.45, 2.75) is 24.3 Å². The number of thiophene rings is 1. The molecule has 0 bridgehead atoms. The van der Waals surface area contributed by atoms with Gasteiger partial charge >= 0.3 is 5.97 Å². The minimum atomic E-state index is -1.36. The Morgan fingerprint density at radius 1 is 1.11 bits per heavy atom. The van der Waals surface area contributed by atoms with E-state index in [0.717, 1.165) is 6.07 Å². The predicted molar refractivity (Wildman–Crippen MR) is 138 cm³/mol. The molecule has 0 spiro atoms. The van der Waals surface area contributed by atoms with Gasteiger partial charge in [-0.3, -0.25) is 9.79 Å². The lowest BCUT2D eigenvalue weighted by Crippen LogP contribution is -2.38. The number of Topliss-reactive ketones (excluding diaryl/α,β-unsaturated/α-hetero) is 1. The Bertz CT molecular complexity index is 1410. The van der Waals surface area contributed by atoms with Gasteiger partial charge in [0.1, 0.15) is 22.9 Å². The van der Waals surface area contributed by atoms with Crippen molar-refractivity contribution in [3.05, 3.63) is 130 Å². The third-order valence-corrected chi connectivity index (χ3v) is 6.88. The fourth-order valence-corrected chi connectivity index (χ4v) is 5.09. The monoisotopic (exact) mass is 503 g/mol. The molecule has 7 heteroatoms. The van der Waals surface area contributed by atoms with Crippen LogP contribution < -0.4 is 0 Å². The van der Waals surface area contributed by atoms with Gasteiger partial charge in [0.2, 0.25) is 0 Å². The van der Waals surface area contributed by atoms with E-state index in [2.05, 4.69) is 11.6 Å². The molecule has 182 valence electrons. The van der Waals surface area contributed by atoms with Gasteiger partial charge in [0.05, 0.1) is 5.41 Å².